The van der Waals surface area contributed by atoms with E-state index in [0.717, 1.165) is 0 Å². The monoisotopic (exact) mass is 311 g/mol. The Balaban J connectivity index is 2.02. The molecule has 0 aliphatic rings. The van der Waals surface area contributed by atoms with Crippen molar-refractivity contribution in [3.8, 4) is 23.0 Å². The zero-order chi connectivity index (χ0) is 16.1. The highest BCUT2D eigenvalue weighted by molar-refractivity contribution is 5.70. The van der Waals surface area contributed by atoms with Gasteiger partial charge in [-0.05, 0) is 6.92 Å². The Labute approximate surface area is 131 Å². The average molecular weight is 311 g/mol. The van der Waals surface area contributed by atoms with Gasteiger partial charge in [0.15, 0.2) is 5.82 Å². The number of esters is 1. The van der Waals surface area contributed by atoms with Gasteiger partial charge in [0, 0.05) is 24.8 Å². The highest BCUT2D eigenvalue weighted by atomic mass is 16.5. The van der Waals surface area contributed by atoms with Crippen molar-refractivity contribution in [3.05, 3.63) is 37.2 Å². The Morgan fingerprint density at radius 2 is 1.78 bits per heavy atom. The van der Waals surface area contributed by atoms with Gasteiger partial charge >= 0.3 is 5.97 Å². The second-order valence-electron chi connectivity index (χ2n) is 4.40. The van der Waals surface area contributed by atoms with Crippen LogP contribution in [0, 0.1) is 0 Å². The summed E-state index contributed by atoms with van der Waals surface area (Å²) in [5.74, 6) is 0.350. The number of carbonyl (C=O) groups is 1. The lowest BCUT2D eigenvalue weighted by Crippen LogP contribution is -2.15. The van der Waals surface area contributed by atoms with Crippen molar-refractivity contribution in [1.29, 1.82) is 0 Å². The molecule has 0 unspecified atom stereocenters. The van der Waals surface area contributed by atoms with E-state index in [0.29, 0.717) is 29.6 Å². The summed E-state index contributed by atoms with van der Waals surface area (Å²) in [4.78, 5) is 32.5. The summed E-state index contributed by atoms with van der Waals surface area (Å²) in [6, 6.07) is 0. The maximum Gasteiger partial charge on any atom is 0.327 e. The van der Waals surface area contributed by atoms with Crippen LogP contribution in [0.2, 0.25) is 0 Å². The van der Waals surface area contributed by atoms with Crippen molar-refractivity contribution >= 4 is 5.97 Å². The molecule has 0 fully saturated rings. The molecule has 3 aromatic heterocycles. The second kappa shape index (κ2) is 6.69. The molecule has 0 saturated heterocycles. The summed E-state index contributed by atoms with van der Waals surface area (Å²) in [6.07, 6.45) is 9.29. The number of nitrogens with zero attached hydrogens (tertiary/aromatic N) is 7. The van der Waals surface area contributed by atoms with Gasteiger partial charge in [-0.25, -0.2) is 19.6 Å². The first-order valence-electron chi connectivity index (χ1n) is 6.91. The van der Waals surface area contributed by atoms with E-state index in [1.807, 2.05) is 0 Å². The normalized spacial score (nSPS) is 10.5. The highest BCUT2D eigenvalue weighted by Gasteiger charge is 2.18. The van der Waals surface area contributed by atoms with Gasteiger partial charge in [0.05, 0.1) is 19.0 Å². The third kappa shape index (κ3) is 3.34. The van der Waals surface area contributed by atoms with Crippen LogP contribution in [0.4, 0.5) is 0 Å². The van der Waals surface area contributed by atoms with Crippen molar-refractivity contribution in [3.63, 3.8) is 0 Å². The molecule has 0 bridgehead atoms. The van der Waals surface area contributed by atoms with E-state index >= 15 is 0 Å². The molecule has 0 aliphatic heterocycles. The largest absolute Gasteiger partial charge is 0.465 e. The maximum atomic E-state index is 11.8. The molecule has 3 rings (SSSR count). The van der Waals surface area contributed by atoms with Gasteiger partial charge in [0.2, 0.25) is 5.82 Å². The van der Waals surface area contributed by atoms with Gasteiger partial charge in [-0.2, -0.15) is 0 Å². The fourth-order valence-corrected chi connectivity index (χ4v) is 1.91. The predicted molar refractivity (Wildman–Crippen MR) is 78.7 cm³/mol. The van der Waals surface area contributed by atoms with Crippen LogP contribution in [-0.4, -0.2) is 47.3 Å². The number of carbonyl (C=O) groups excluding carboxylic acids is 1. The van der Waals surface area contributed by atoms with Crippen LogP contribution in [0.15, 0.2) is 37.2 Å². The quantitative estimate of drug-likeness (QED) is 0.635. The number of ether oxygens (including phenoxy) is 1. The van der Waals surface area contributed by atoms with Gasteiger partial charge < -0.3 is 4.74 Å². The maximum absolute atomic E-state index is 11.8. The van der Waals surface area contributed by atoms with Crippen molar-refractivity contribution < 1.29 is 9.53 Å². The summed E-state index contributed by atoms with van der Waals surface area (Å²) in [7, 11) is 0. The lowest BCUT2D eigenvalue weighted by atomic mass is 10.4. The van der Waals surface area contributed by atoms with Crippen molar-refractivity contribution in [2.45, 2.75) is 13.5 Å². The predicted octanol–water partition coefficient (Wildman–Crippen LogP) is 0.755. The Kier molecular flexibility index (Phi) is 4.27. The van der Waals surface area contributed by atoms with E-state index < -0.39 is 5.97 Å². The minimum atomic E-state index is -0.409. The van der Waals surface area contributed by atoms with E-state index in [-0.39, 0.29) is 6.54 Å². The van der Waals surface area contributed by atoms with Gasteiger partial charge in [-0.1, -0.05) is 0 Å². The molecule has 9 nitrogen and oxygen atoms in total. The van der Waals surface area contributed by atoms with E-state index in [1.54, 1.807) is 44.1 Å². The van der Waals surface area contributed by atoms with Gasteiger partial charge in [-0.15, -0.1) is 5.10 Å². The van der Waals surface area contributed by atoms with E-state index in [2.05, 4.69) is 30.0 Å². The molecule has 0 aliphatic carbocycles. The molecular weight excluding hydrogens is 298 g/mol. The zero-order valence-electron chi connectivity index (χ0n) is 12.3. The summed E-state index contributed by atoms with van der Waals surface area (Å²) in [5, 5.41) is 4.31. The smallest absolute Gasteiger partial charge is 0.327 e. The lowest BCUT2D eigenvalue weighted by molar-refractivity contribution is -0.144. The Morgan fingerprint density at radius 1 is 1.09 bits per heavy atom. The zero-order valence-corrected chi connectivity index (χ0v) is 12.3. The number of aromatic nitrogens is 7. The Morgan fingerprint density at radius 3 is 2.39 bits per heavy atom. The van der Waals surface area contributed by atoms with Crippen LogP contribution < -0.4 is 0 Å². The number of hydrogen-bond acceptors (Lipinski definition) is 8. The third-order valence-electron chi connectivity index (χ3n) is 2.84. The van der Waals surface area contributed by atoms with Crippen LogP contribution in [-0.2, 0) is 16.1 Å². The van der Waals surface area contributed by atoms with Gasteiger partial charge in [0.1, 0.15) is 17.9 Å². The van der Waals surface area contributed by atoms with Crippen molar-refractivity contribution in [1.82, 2.24) is 34.7 Å². The first kappa shape index (κ1) is 14.7. The number of rotatable bonds is 5. The molecule has 3 aromatic rings. The first-order valence-corrected chi connectivity index (χ1v) is 6.91. The average Bonchev–Trinajstić information content (AvgIpc) is 3.00. The number of hydrogen-bond donors (Lipinski definition) is 0. The molecule has 0 atom stereocenters. The molecule has 0 amide bonds. The van der Waals surface area contributed by atoms with E-state index in [4.69, 9.17) is 4.74 Å². The minimum Gasteiger partial charge on any atom is -0.465 e. The molecule has 116 valence electrons. The van der Waals surface area contributed by atoms with Crippen molar-refractivity contribution in [2.24, 2.45) is 0 Å². The third-order valence-corrected chi connectivity index (χ3v) is 2.84. The molecule has 3 heterocycles. The van der Waals surface area contributed by atoms with E-state index in [9.17, 15) is 4.79 Å². The summed E-state index contributed by atoms with van der Waals surface area (Å²) >= 11 is 0. The van der Waals surface area contributed by atoms with Gasteiger partial charge in [-0.3, -0.25) is 14.8 Å². The van der Waals surface area contributed by atoms with E-state index in [1.165, 1.54) is 4.68 Å². The molecule has 0 spiro atoms. The summed E-state index contributed by atoms with van der Waals surface area (Å²) in [5.41, 5.74) is 1.000. The van der Waals surface area contributed by atoms with Crippen molar-refractivity contribution in [2.75, 3.05) is 6.61 Å². The SMILES string of the molecule is CCOC(=O)Cn1nc(-c2cnccn2)nc1-c1cnccn1. The second-order valence-corrected chi connectivity index (χ2v) is 4.40. The molecule has 0 N–H and O–H groups in total. The Bertz CT molecular complexity index is 789. The summed E-state index contributed by atoms with van der Waals surface area (Å²) in [6.45, 7) is 1.96. The molecule has 0 saturated carbocycles. The molecule has 0 radical (unpaired) electrons. The van der Waals surface area contributed by atoms with Crippen LogP contribution in [0.1, 0.15) is 6.92 Å². The van der Waals surface area contributed by atoms with Crippen LogP contribution in [0.3, 0.4) is 0 Å². The fraction of sp³-hybridized carbons (Fsp3) is 0.214. The highest BCUT2D eigenvalue weighted by Crippen LogP contribution is 2.18. The van der Waals surface area contributed by atoms with Crippen LogP contribution >= 0.6 is 0 Å². The minimum absolute atomic E-state index is 0.0764. The standard InChI is InChI=1S/C14H13N7O2/c1-2-23-12(22)9-21-14(11-8-16-4-6-18-11)19-13(20-21)10-7-15-3-5-17-10/h3-8H,2,9H2,1H3. The van der Waals surface area contributed by atoms with Gasteiger partial charge in [0.25, 0.3) is 0 Å². The molecule has 23 heavy (non-hydrogen) atoms. The van der Waals surface area contributed by atoms with Crippen LogP contribution in [0.5, 0.6) is 0 Å². The lowest BCUT2D eigenvalue weighted by Gasteiger charge is -2.04. The molecule has 0 aromatic carbocycles. The first-order chi connectivity index (χ1) is 11.3. The molecule has 9 heteroatoms. The fourth-order valence-electron chi connectivity index (χ4n) is 1.91. The summed E-state index contributed by atoms with van der Waals surface area (Å²) < 4.78 is 6.38. The molecular formula is C14H13N7O2. The topological polar surface area (TPSA) is 109 Å². The van der Waals surface area contributed by atoms with Crippen LogP contribution in [0.25, 0.3) is 23.0 Å². The Hall–Kier alpha value is -3.23.